The van der Waals surface area contributed by atoms with Gasteiger partial charge in [-0.15, -0.1) is 0 Å². The maximum atomic E-state index is 11.8. The summed E-state index contributed by atoms with van der Waals surface area (Å²) >= 11 is 5.84. The second-order valence-corrected chi connectivity index (χ2v) is 5.82. The molecular weight excluding hydrogens is 266 g/mol. The van der Waals surface area contributed by atoms with Crippen LogP contribution in [-0.2, 0) is 14.7 Å². The molecule has 1 amide bonds. The van der Waals surface area contributed by atoms with E-state index in [1.54, 1.807) is 0 Å². The Morgan fingerprint density at radius 1 is 1.41 bits per heavy atom. The van der Waals surface area contributed by atoms with E-state index in [1.807, 2.05) is 0 Å². The molecule has 0 aliphatic heterocycles. The highest BCUT2D eigenvalue weighted by atomic mass is 35.5. The van der Waals surface area contributed by atoms with Gasteiger partial charge in [-0.25, -0.2) is 13.5 Å². The molecule has 0 bridgehead atoms. The molecule has 0 aliphatic rings. The number of amides is 1. The van der Waals surface area contributed by atoms with Crippen molar-refractivity contribution in [2.75, 3.05) is 20.4 Å². The topological polar surface area (TPSA) is 63.7 Å². The smallest absolute Gasteiger partial charge is 0.274 e. The Bertz CT molecular complexity index is 541. The fourth-order valence-electron chi connectivity index (χ4n) is 1.15. The zero-order valence-corrected chi connectivity index (χ0v) is 11.2. The minimum atomic E-state index is -3.38. The van der Waals surface area contributed by atoms with Gasteiger partial charge in [-0.1, -0.05) is 11.6 Å². The molecule has 17 heavy (non-hydrogen) atoms. The maximum Gasteiger partial charge on any atom is 0.278 e. The molecule has 7 heteroatoms. The normalized spacial score (nSPS) is 11.3. The first-order valence-corrected chi connectivity index (χ1v) is 6.86. The van der Waals surface area contributed by atoms with Crippen LogP contribution in [0.15, 0.2) is 23.1 Å². The summed E-state index contributed by atoms with van der Waals surface area (Å²) in [5, 5.41) is 1.14. The average molecular weight is 278 g/mol. The summed E-state index contributed by atoms with van der Waals surface area (Å²) < 4.78 is 22.7. The van der Waals surface area contributed by atoms with Crippen molar-refractivity contribution >= 4 is 27.3 Å². The van der Waals surface area contributed by atoms with Crippen LogP contribution < -0.4 is 0 Å². The molecule has 0 atom stereocenters. The first-order valence-electron chi connectivity index (χ1n) is 4.59. The Labute approximate surface area is 105 Å². The molecule has 0 heterocycles. The summed E-state index contributed by atoms with van der Waals surface area (Å²) in [5.74, 6) is -0.511. The lowest BCUT2D eigenvalue weighted by molar-refractivity contribution is -0.0757. The molecule has 0 N–H and O–H groups in total. The van der Waals surface area contributed by atoms with E-state index >= 15 is 0 Å². The van der Waals surface area contributed by atoms with Gasteiger partial charge < -0.3 is 0 Å². The van der Waals surface area contributed by atoms with Crippen molar-refractivity contribution in [2.45, 2.75) is 4.90 Å². The standard InChI is InChI=1S/C10H12ClNO4S/c1-12(16-2)10(13)8-6-7(17(3,14)15)4-5-9(8)11/h4-6H,1-3H3. The Balaban J connectivity index is 3.30. The average Bonchev–Trinajstić information content (AvgIpc) is 2.26. The number of nitrogens with zero attached hydrogens (tertiary/aromatic N) is 1. The van der Waals surface area contributed by atoms with E-state index in [0.717, 1.165) is 11.3 Å². The van der Waals surface area contributed by atoms with Crippen LogP contribution in [0, 0.1) is 0 Å². The number of benzene rings is 1. The highest BCUT2D eigenvalue weighted by Crippen LogP contribution is 2.21. The first kappa shape index (κ1) is 14.0. The van der Waals surface area contributed by atoms with E-state index in [-0.39, 0.29) is 15.5 Å². The van der Waals surface area contributed by atoms with Gasteiger partial charge >= 0.3 is 0 Å². The van der Waals surface area contributed by atoms with Crippen LogP contribution in [0.5, 0.6) is 0 Å². The van der Waals surface area contributed by atoms with Crippen molar-refractivity contribution in [3.05, 3.63) is 28.8 Å². The SMILES string of the molecule is CON(C)C(=O)c1cc(S(C)(=O)=O)ccc1Cl. The highest BCUT2D eigenvalue weighted by molar-refractivity contribution is 7.90. The Morgan fingerprint density at radius 3 is 2.47 bits per heavy atom. The van der Waals surface area contributed by atoms with Gasteiger partial charge in [0.15, 0.2) is 9.84 Å². The summed E-state index contributed by atoms with van der Waals surface area (Å²) in [6.45, 7) is 0. The molecule has 0 fully saturated rings. The molecule has 1 aromatic carbocycles. The largest absolute Gasteiger partial charge is 0.278 e. The molecule has 0 radical (unpaired) electrons. The molecule has 0 saturated carbocycles. The monoisotopic (exact) mass is 277 g/mol. The van der Waals surface area contributed by atoms with Crippen LogP contribution >= 0.6 is 11.6 Å². The quantitative estimate of drug-likeness (QED) is 0.783. The summed E-state index contributed by atoms with van der Waals surface area (Å²) in [6.07, 6.45) is 1.06. The van der Waals surface area contributed by atoms with E-state index in [4.69, 9.17) is 16.4 Å². The van der Waals surface area contributed by atoms with Gasteiger partial charge in [0.05, 0.1) is 22.6 Å². The third kappa shape index (κ3) is 3.18. The number of hydrogen-bond donors (Lipinski definition) is 0. The van der Waals surface area contributed by atoms with Gasteiger partial charge in [0.2, 0.25) is 0 Å². The zero-order valence-electron chi connectivity index (χ0n) is 9.60. The van der Waals surface area contributed by atoms with Crippen LogP contribution in [0.2, 0.25) is 5.02 Å². The third-order valence-electron chi connectivity index (χ3n) is 2.16. The van der Waals surface area contributed by atoms with Crippen molar-refractivity contribution in [1.29, 1.82) is 0 Å². The van der Waals surface area contributed by atoms with E-state index < -0.39 is 15.7 Å². The van der Waals surface area contributed by atoms with Crippen LogP contribution in [0.1, 0.15) is 10.4 Å². The van der Waals surface area contributed by atoms with Gasteiger partial charge in [0, 0.05) is 13.3 Å². The highest BCUT2D eigenvalue weighted by Gasteiger charge is 2.18. The molecule has 1 rings (SSSR count). The van der Waals surface area contributed by atoms with E-state index in [0.29, 0.717) is 0 Å². The molecular formula is C10H12ClNO4S. The van der Waals surface area contributed by atoms with Crippen molar-refractivity contribution in [2.24, 2.45) is 0 Å². The summed E-state index contributed by atoms with van der Waals surface area (Å²) in [6, 6.07) is 3.95. The van der Waals surface area contributed by atoms with Crippen molar-refractivity contribution in [3.8, 4) is 0 Å². The second-order valence-electron chi connectivity index (χ2n) is 3.40. The number of sulfone groups is 1. The second kappa shape index (κ2) is 5.03. The van der Waals surface area contributed by atoms with Crippen LogP contribution in [0.4, 0.5) is 0 Å². The van der Waals surface area contributed by atoms with Gasteiger partial charge in [-0.2, -0.15) is 0 Å². The number of hydrogen-bond acceptors (Lipinski definition) is 4. The molecule has 94 valence electrons. The first-order chi connectivity index (χ1) is 7.77. The number of rotatable bonds is 3. The lowest BCUT2D eigenvalue weighted by Gasteiger charge is -2.14. The number of carbonyl (C=O) groups is 1. The molecule has 0 spiro atoms. The summed E-state index contributed by atoms with van der Waals surface area (Å²) in [7, 11) is -0.644. The van der Waals surface area contributed by atoms with Gasteiger partial charge in [0.1, 0.15) is 0 Å². The van der Waals surface area contributed by atoms with Crippen LogP contribution in [0.3, 0.4) is 0 Å². The van der Waals surface area contributed by atoms with E-state index in [9.17, 15) is 13.2 Å². The van der Waals surface area contributed by atoms with E-state index in [1.165, 1.54) is 32.4 Å². The van der Waals surface area contributed by atoms with Gasteiger partial charge in [-0.05, 0) is 18.2 Å². The molecule has 0 unspecified atom stereocenters. The molecule has 1 aromatic rings. The van der Waals surface area contributed by atoms with E-state index in [2.05, 4.69) is 0 Å². The zero-order chi connectivity index (χ0) is 13.2. The Hall–Kier alpha value is -1.11. The predicted molar refractivity (Wildman–Crippen MR) is 63.7 cm³/mol. The van der Waals surface area contributed by atoms with Crippen molar-refractivity contribution < 1.29 is 18.0 Å². The number of halogens is 1. The van der Waals surface area contributed by atoms with Crippen LogP contribution in [0.25, 0.3) is 0 Å². The molecule has 0 saturated heterocycles. The van der Waals surface area contributed by atoms with Crippen molar-refractivity contribution in [3.63, 3.8) is 0 Å². The summed E-state index contributed by atoms with van der Waals surface area (Å²) in [5.41, 5.74) is 0.0824. The third-order valence-corrected chi connectivity index (χ3v) is 3.60. The fraction of sp³-hybridized carbons (Fsp3) is 0.300. The minimum Gasteiger partial charge on any atom is -0.274 e. The maximum absolute atomic E-state index is 11.8. The van der Waals surface area contributed by atoms with Gasteiger partial charge in [-0.3, -0.25) is 9.63 Å². The lowest BCUT2D eigenvalue weighted by atomic mass is 10.2. The fourth-order valence-corrected chi connectivity index (χ4v) is 2.00. The Kier molecular flexibility index (Phi) is 4.13. The lowest BCUT2D eigenvalue weighted by Crippen LogP contribution is -2.25. The van der Waals surface area contributed by atoms with Crippen molar-refractivity contribution in [1.82, 2.24) is 5.06 Å². The molecule has 5 nitrogen and oxygen atoms in total. The molecule has 0 aromatic heterocycles. The number of hydroxylamine groups is 2. The predicted octanol–water partition coefficient (Wildman–Crippen LogP) is 1.38. The van der Waals surface area contributed by atoms with Gasteiger partial charge in [0.25, 0.3) is 5.91 Å². The number of carbonyl (C=O) groups excluding carboxylic acids is 1. The minimum absolute atomic E-state index is 0.0368. The van der Waals surface area contributed by atoms with Crippen LogP contribution in [-0.4, -0.2) is 39.8 Å². The Morgan fingerprint density at radius 2 is 2.00 bits per heavy atom. The summed E-state index contributed by atoms with van der Waals surface area (Å²) in [4.78, 5) is 16.6. The molecule has 0 aliphatic carbocycles.